The summed E-state index contributed by atoms with van der Waals surface area (Å²) in [5.74, 6) is 1.65. The number of benzene rings is 2. The third kappa shape index (κ3) is 8.15. The van der Waals surface area contributed by atoms with Gasteiger partial charge < -0.3 is 20.1 Å². The van der Waals surface area contributed by atoms with E-state index < -0.39 is 0 Å². The zero-order valence-electron chi connectivity index (χ0n) is 18.8. The van der Waals surface area contributed by atoms with Crippen molar-refractivity contribution in [2.75, 3.05) is 27.3 Å². The fraction of sp³-hybridized carbons (Fsp3) is 0.417. The first-order valence-corrected chi connectivity index (χ1v) is 10.4. The molecule has 0 unspecified atom stereocenters. The maximum atomic E-state index is 12.0. The monoisotopic (exact) mass is 413 g/mol. The fourth-order valence-electron chi connectivity index (χ4n) is 2.69. The average molecular weight is 414 g/mol. The number of carbonyl (C=O) groups is 1. The van der Waals surface area contributed by atoms with E-state index in [0.29, 0.717) is 24.3 Å². The van der Waals surface area contributed by atoms with E-state index in [-0.39, 0.29) is 11.7 Å². The molecule has 164 valence electrons. The Morgan fingerprint density at radius 1 is 0.933 bits per heavy atom. The lowest BCUT2D eigenvalue weighted by molar-refractivity contribution is 0.0827. The second-order valence-corrected chi connectivity index (χ2v) is 6.88. The normalized spacial score (nSPS) is 9.90. The quantitative estimate of drug-likeness (QED) is 0.337. The minimum Gasteiger partial charge on any atom is -0.494 e. The van der Waals surface area contributed by atoms with Gasteiger partial charge in [-0.15, -0.1) is 0 Å². The Bertz CT molecular complexity index is 802. The van der Waals surface area contributed by atoms with Crippen LogP contribution in [0.4, 0.5) is 0 Å². The molecule has 0 heterocycles. The van der Waals surface area contributed by atoms with E-state index in [1.807, 2.05) is 45.0 Å². The molecular formula is C24H35N3O3. The maximum Gasteiger partial charge on any atom is 0.253 e. The molecule has 0 aliphatic heterocycles. The number of nitrogens with two attached hydrogens (primary N) is 1. The van der Waals surface area contributed by atoms with Crippen molar-refractivity contribution in [2.45, 2.75) is 40.0 Å². The van der Waals surface area contributed by atoms with Crippen molar-refractivity contribution in [3.05, 3.63) is 59.2 Å². The summed E-state index contributed by atoms with van der Waals surface area (Å²) in [5.41, 5.74) is 7.76. The number of unbranched alkanes of at least 4 members (excludes halogenated alkanes) is 2. The van der Waals surface area contributed by atoms with Gasteiger partial charge in [-0.1, -0.05) is 13.8 Å². The van der Waals surface area contributed by atoms with Crippen molar-refractivity contribution in [3.63, 3.8) is 0 Å². The Labute approximate surface area is 180 Å². The van der Waals surface area contributed by atoms with Crippen LogP contribution in [0.2, 0.25) is 0 Å². The first-order chi connectivity index (χ1) is 14.4. The van der Waals surface area contributed by atoms with Crippen LogP contribution in [-0.2, 0) is 0 Å². The van der Waals surface area contributed by atoms with E-state index in [1.54, 1.807) is 37.2 Å². The number of ether oxygens (including phenoxy) is 2. The van der Waals surface area contributed by atoms with Gasteiger partial charge in [0.25, 0.3) is 5.91 Å². The second-order valence-electron chi connectivity index (χ2n) is 6.88. The lowest BCUT2D eigenvalue weighted by Gasteiger charge is -2.13. The number of hydrogen-bond acceptors (Lipinski definition) is 4. The van der Waals surface area contributed by atoms with E-state index in [2.05, 4.69) is 0 Å². The Hall–Kier alpha value is -3.02. The van der Waals surface area contributed by atoms with Gasteiger partial charge >= 0.3 is 0 Å². The number of amidine groups is 1. The maximum absolute atomic E-state index is 12.0. The third-order valence-electron chi connectivity index (χ3n) is 4.31. The molecule has 2 aromatic carbocycles. The topological polar surface area (TPSA) is 88.6 Å². The van der Waals surface area contributed by atoms with E-state index in [1.165, 1.54) is 0 Å². The standard InChI is InChI=1S/C22H29N3O3.C2H6/c1-16-15-18(22(26)25(2)3)9-12-20(16)28-14-6-4-5-13-27-19-10-7-17(8-11-19)21(23)24;1-2/h7-12,15H,4-6,13-14H2,1-3H3,(H3,23,24);1-2H3. The van der Waals surface area contributed by atoms with Crippen LogP contribution < -0.4 is 15.2 Å². The molecule has 0 spiro atoms. The molecule has 0 aliphatic carbocycles. The van der Waals surface area contributed by atoms with Crippen LogP contribution in [-0.4, -0.2) is 44.0 Å². The van der Waals surface area contributed by atoms with Crippen molar-refractivity contribution in [1.29, 1.82) is 5.41 Å². The Morgan fingerprint density at radius 3 is 2.03 bits per heavy atom. The molecule has 0 saturated carbocycles. The Balaban J connectivity index is 0.00000218. The Kier molecular flexibility index (Phi) is 11.0. The molecule has 1 amide bonds. The Morgan fingerprint density at radius 2 is 1.50 bits per heavy atom. The summed E-state index contributed by atoms with van der Waals surface area (Å²) >= 11 is 0. The van der Waals surface area contributed by atoms with Gasteiger partial charge in [0.05, 0.1) is 13.2 Å². The molecule has 6 heteroatoms. The zero-order valence-corrected chi connectivity index (χ0v) is 18.8. The van der Waals surface area contributed by atoms with E-state index in [0.717, 1.165) is 36.3 Å². The van der Waals surface area contributed by atoms with Gasteiger partial charge in [-0.3, -0.25) is 10.2 Å². The smallest absolute Gasteiger partial charge is 0.253 e. The molecule has 0 aromatic heterocycles. The number of nitrogens with zero attached hydrogens (tertiary/aromatic N) is 1. The van der Waals surface area contributed by atoms with Crippen molar-refractivity contribution < 1.29 is 14.3 Å². The molecule has 0 radical (unpaired) electrons. The lowest BCUT2D eigenvalue weighted by atomic mass is 10.1. The lowest BCUT2D eigenvalue weighted by Crippen LogP contribution is -2.21. The molecule has 6 nitrogen and oxygen atoms in total. The number of aryl methyl sites for hydroxylation is 1. The average Bonchev–Trinajstić information content (AvgIpc) is 2.75. The molecule has 2 aromatic rings. The van der Waals surface area contributed by atoms with E-state index in [9.17, 15) is 4.79 Å². The van der Waals surface area contributed by atoms with Gasteiger partial charge in [-0.2, -0.15) is 0 Å². The van der Waals surface area contributed by atoms with Crippen LogP contribution in [0.3, 0.4) is 0 Å². The van der Waals surface area contributed by atoms with E-state index >= 15 is 0 Å². The summed E-state index contributed by atoms with van der Waals surface area (Å²) < 4.78 is 11.5. The summed E-state index contributed by atoms with van der Waals surface area (Å²) in [6, 6.07) is 12.7. The predicted molar refractivity (Wildman–Crippen MR) is 123 cm³/mol. The number of amides is 1. The van der Waals surface area contributed by atoms with Crippen molar-refractivity contribution in [3.8, 4) is 11.5 Å². The molecule has 30 heavy (non-hydrogen) atoms. The number of nitrogens with one attached hydrogen (secondary N) is 1. The minimum atomic E-state index is -0.00872. The van der Waals surface area contributed by atoms with Crippen LogP contribution in [0.1, 0.15) is 54.6 Å². The number of hydrogen-bond donors (Lipinski definition) is 2. The van der Waals surface area contributed by atoms with E-state index in [4.69, 9.17) is 20.6 Å². The molecule has 0 saturated heterocycles. The summed E-state index contributed by atoms with van der Waals surface area (Å²) in [4.78, 5) is 13.5. The number of carbonyl (C=O) groups excluding carboxylic acids is 1. The van der Waals surface area contributed by atoms with Gasteiger partial charge in [0.1, 0.15) is 17.3 Å². The summed E-state index contributed by atoms with van der Waals surface area (Å²) in [7, 11) is 3.49. The SMILES string of the molecule is CC.Cc1cc(C(=O)N(C)C)ccc1OCCCCCOc1ccc(C(=N)N)cc1. The first-order valence-electron chi connectivity index (χ1n) is 10.4. The van der Waals surface area contributed by atoms with Crippen LogP contribution in [0.25, 0.3) is 0 Å². The van der Waals surface area contributed by atoms with Crippen LogP contribution >= 0.6 is 0 Å². The highest BCUT2D eigenvalue weighted by molar-refractivity contribution is 5.95. The summed E-state index contributed by atoms with van der Waals surface area (Å²) in [6.45, 7) is 7.22. The third-order valence-corrected chi connectivity index (χ3v) is 4.31. The molecule has 0 bridgehead atoms. The predicted octanol–water partition coefficient (Wildman–Crippen LogP) is 4.64. The molecule has 3 N–H and O–H groups in total. The summed E-state index contributed by atoms with van der Waals surface area (Å²) in [5, 5.41) is 7.37. The first kappa shape index (κ1) is 25.0. The zero-order chi connectivity index (χ0) is 22.5. The highest BCUT2D eigenvalue weighted by atomic mass is 16.5. The van der Waals surface area contributed by atoms with Crippen LogP contribution in [0, 0.1) is 12.3 Å². The molecule has 0 atom stereocenters. The largest absolute Gasteiger partial charge is 0.494 e. The van der Waals surface area contributed by atoms with Crippen LogP contribution in [0.5, 0.6) is 11.5 Å². The molecule has 0 aliphatic rings. The fourth-order valence-corrected chi connectivity index (χ4v) is 2.69. The van der Waals surface area contributed by atoms with Crippen molar-refractivity contribution >= 4 is 11.7 Å². The van der Waals surface area contributed by atoms with Gasteiger partial charge in [0.2, 0.25) is 0 Å². The minimum absolute atomic E-state index is 0.00872. The van der Waals surface area contributed by atoms with Crippen molar-refractivity contribution in [1.82, 2.24) is 4.90 Å². The number of rotatable bonds is 10. The van der Waals surface area contributed by atoms with Gasteiger partial charge in [-0.25, -0.2) is 0 Å². The van der Waals surface area contributed by atoms with Gasteiger partial charge in [0.15, 0.2) is 0 Å². The molecule has 0 fully saturated rings. The highest BCUT2D eigenvalue weighted by Gasteiger charge is 2.10. The van der Waals surface area contributed by atoms with Crippen molar-refractivity contribution in [2.24, 2.45) is 5.73 Å². The second kappa shape index (κ2) is 13.2. The molecule has 2 rings (SSSR count). The van der Waals surface area contributed by atoms with Gasteiger partial charge in [0, 0.05) is 25.2 Å². The van der Waals surface area contributed by atoms with Crippen LogP contribution in [0.15, 0.2) is 42.5 Å². The van der Waals surface area contributed by atoms with Gasteiger partial charge in [-0.05, 0) is 74.2 Å². The summed E-state index contributed by atoms with van der Waals surface area (Å²) in [6.07, 6.45) is 2.87. The molecular weight excluding hydrogens is 378 g/mol. The number of nitrogen functional groups attached to an aromatic ring is 1. The highest BCUT2D eigenvalue weighted by Crippen LogP contribution is 2.20.